The summed E-state index contributed by atoms with van der Waals surface area (Å²) in [4.78, 5) is 8.92. The van der Waals surface area contributed by atoms with Gasteiger partial charge >= 0.3 is 0 Å². The van der Waals surface area contributed by atoms with E-state index in [0.717, 1.165) is 22.1 Å². The van der Waals surface area contributed by atoms with E-state index in [1.165, 1.54) is 29.0 Å². The Bertz CT molecular complexity index is 1700. The highest BCUT2D eigenvalue weighted by atomic mass is 32.2. The van der Waals surface area contributed by atoms with Crippen molar-refractivity contribution in [2.45, 2.75) is 25.4 Å². The fourth-order valence-corrected chi connectivity index (χ4v) is 6.20. The topological polar surface area (TPSA) is 94.1 Å². The van der Waals surface area contributed by atoms with Gasteiger partial charge in [-0.05, 0) is 43.7 Å². The monoisotopic (exact) mass is 517 g/mol. The van der Waals surface area contributed by atoms with Gasteiger partial charge in [-0.25, -0.2) is 22.8 Å². The summed E-state index contributed by atoms with van der Waals surface area (Å²) in [6, 6.07) is 17.5. The molecule has 4 heterocycles. The van der Waals surface area contributed by atoms with Crippen molar-refractivity contribution >= 4 is 21.1 Å². The second kappa shape index (κ2) is 8.89. The Balaban J connectivity index is 1.50. The van der Waals surface area contributed by atoms with Crippen LogP contribution >= 0.6 is 0 Å². The quantitative estimate of drug-likeness (QED) is 0.320. The molecule has 5 aromatic rings. The van der Waals surface area contributed by atoms with Crippen LogP contribution in [0.15, 0.2) is 77.6 Å². The van der Waals surface area contributed by atoms with Gasteiger partial charge in [0.25, 0.3) is 0 Å². The third-order valence-electron chi connectivity index (χ3n) is 6.79. The molecule has 10 heteroatoms. The van der Waals surface area contributed by atoms with Crippen molar-refractivity contribution in [2.75, 3.05) is 12.8 Å². The molecule has 8 nitrogen and oxygen atoms in total. The van der Waals surface area contributed by atoms with Crippen LogP contribution in [-0.2, 0) is 10.0 Å². The van der Waals surface area contributed by atoms with Gasteiger partial charge in [0.2, 0.25) is 15.7 Å². The molecular formula is C27H24FN5O3S. The zero-order valence-electron chi connectivity index (χ0n) is 20.2. The molecule has 1 aliphatic heterocycles. The van der Waals surface area contributed by atoms with E-state index in [9.17, 15) is 12.8 Å². The van der Waals surface area contributed by atoms with E-state index < -0.39 is 10.0 Å². The standard InChI is InChI=1S/C27H24FN5O3S/c1-17-12-21(14-33(17)37(2,34)35)32-15-23(25(31-32)19-8-10-20(28)11-9-19)26-22-13-24(18-6-4-3-5-7-18)36-27(22)30-16-29-26/h3-11,13,15-17,21H,12,14H2,1-2H3/t17-,21-/m0/s1. The summed E-state index contributed by atoms with van der Waals surface area (Å²) >= 11 is 0. The van der Waals surface area contributed by atoms with Crippen molar-refractivity contribution < 1.29 is 17.2 Å². The molecule has 2 aromatic carbocycles. The molecule has 188 valence electrons. The maximum Gasteiger partial charge on any atom is 0.230 e. The molecule has 1 fully saturated rings. The highest BCUT2D eigenvalue weighted by Crippen LogP contribution is 2.38. The zero-order valence-corrected chi connectivity index (χ0v) is 21.1. The van der Waals surface area contributed by atoms with Gasteiger partial charge in [0.05, 0.1) is 23.4 Å². The Labute approximate surface area is 213 Å². The van der Waals surface area contributed by atoms with Crippen LogP contribution in [0.4, 0.5) is 4.39 Å². The van der Waals surface area contributed by atoms with E-state index >= 15 is 0 Å². The molecule has 0 radical (unpaired) electrons. The van der Waals surface area contributed by atoms with Gasteiger partial charge in [0, 0.05) is 35.5 Å². The molecule has 0 saturated carbocycles. The summed E-state index contributed by atoms with van der Waals surface area (Å²) in [5.41, 5.74) is 4.06. The first kappa shape index (κ1) is 23.5. The van der Waals surface area contributed by atoms with E-state index in [1.54, 1.807) is 12.1 Å². The number of halogens is 1. The molecule has 0 spiro atoms. The molecule has 0 aliphatic carbocycles. The number of benzene rings is 2. The van der Waals surface area contributed by atoms with Gasteiger partial charge < -0.3 is 4.42 Å². The van der Waals surface area contributed by atoms with Crippen molar-refractivity contribution in [3.8, 4) is 33.8 Å². The molecule has 0 unspecified atom stereocenters. The van der Waals surface area contributed by atoms with E-state index in [4.69, 9.17) is 9.52 Å². The van der Waals surface area contributed by atoms with E-state index in [2.05, 4.69) is 9.97 Å². The maximum atomic E-state index is 13.7. The summed E-state index contributed by atoms with van der Waals surface area (Å²) in [5.74, 6) is 0.325. The summed E-state index contributed by atoms with van der Waals surface area (Å²) < 4.78 is 47.6. The second-order valence-corrected chi connectivity index (χ2v) is 11.3. The Morgan fingerprint density at radius 1 is 1.00 bits per heavy atom. The minimum Gasteiger partial charge on any atom is -0.438 e. The molecule has 2 atom stereocenters. The number of nitrogens with zero attached hydrogens (tertiary/aromatic N) is 5. The number of rotatable bonds is 5. The van der Waals surface area contributed by atoms with Crippen molar-refractivity contribution in [3.63, 3.8) is 0 Å². The SMILES string of the molecule is C[C@H]1C[C@H](n2cc(-c3ncnc4oc(-c5ccccc5)cc34)c(-c3ccc(F)cc3)n2)CN1S(C)(=O)=O. The first-order chi connectivity index (χ1) is 17.8. The lowest BCUT2D eigenvalue weighted by Gasteiger charge is -2.17. The van der Waals surface area contributed by atoms with E-state index in [1.807, 2.05) is 54.2 Å². The third-order valence-corrected chi connectivity index (χ3v) is 8.15. The largest absolute Gasteiger partial charge is 0.438 e. The molecule has 1 saturated heterocycles. The van der Waals surface area contributed by atoms with Gasteiger partial charge in [-0.1, -0.05) is 30.3 Å². The lowest BCUT2D eigenvalue weighted by atomic mass is 10.0. The van der Waals surface area contributed by atoms with Gasteiger partial charge in [0.15, 0.2) is 0 Å². The molecule has 37 heavy (non-hydrogen) atoms. The molecule has 3 aromatic heterocycles. The average Bonchev–Trinajstić information content (AvgIpc) is 3.61. The summed E-state index contributed by atoms with van der Waals surface area (Å²) in [6.45, 7) is 2.23. The number of furan rings is 1. The van der Waals surface area contributed by atoms with Crippen LogP contribution in [0, 0.1) is 5.82 Å². The van der Waals surface area contributed by atoms with Gasteiger partial charge in [-0.3, -0.25) is 4.68 Å². The van der Waals surface area contributed by atoms with Crippen molar-refractivity contribution in [3.05, 3.63) is 79.0 Å². The van der Waals surface area contributed by atoms with Crippen LogP contribution in [0.3, 0.4) is 0 Å². The zero-order chi connectivity index (χ0) is 25.7. The van der Waals surface area contributed by atoms with Crippen LogP contribution in [0.25, 0.3) is 44.9 Å². The lowest BCUT2D eigenvalue weighted by molar-refractivity contribution is 0.404. The normalized spacial score (nSPS) is 18.6. The fourth-order valence-electron chi connectivity index (χ4n) is 5.02. The number of fused-ring (bicyclic) bond motifs is 1. The molecule has 1 aliphatic rings. The minimum absolute atomic E-state index is 0.144. The Morgan fingerprint density at radius 3 is 2.46 bits per heavy atom. The molecule has 6 rings (SSSR count). The molecule has 0 amide bonds. The highest BCUT2D eigenvalue weighted by Gasteiger charge is 2.36. The molecule has 0 bridgehead atoms. The Morgan fingerprint density at radius 2 is 1.76 bits per heavy atom. The lowest BCUT2D eigenvalue weighted by Crippen LogP contribution is -2.33. The predicted octanol–water partition coefficient (Wildman–Crippen LogP) is 5.15. The summed E-state index contributed by atoms with van der Waals surface area (Å²) in [5, 5.41) is 5.60. The van der Waals surface area contributed by atoms with Gasteiger partial charge in [-0.2, -0.15) is 9.40 Å². The van der Waals surface area contributed by atoms with E-state index in [-0.39, 0.29) is 17.9 Å². The number of hydrogen-bond donors (Lipinski definition) is 0. The maximum absolute atomic E-state index is 13.7. The number of aromatic nitrogens is 4. The number of sulfonamides is 1. The smallest absolute Gasteiger partial charge is 0.230 e. The van der Waals surface area contributed by atoms with Crippen LogP contribution < -0.4 is 0 Å². The Kier molecular flexibility index (Phi) is 5.65. The minimum atomic E-state index is -3.34. The van der Waals surface area contributed by atoms with Crippen molar-refractivity contribution in [2.24, 2.45) is 0 Å². The van der Waals surface area contributed by atoms with Crippen molar-refractivity contribution in [1.29, 1.82) is 0 Å². The first-order valence-electron chi connectivity index (χ1n) is 11.9. The second-order valence-electron chi connectivity index (χ2n) is 9.37. The summed E-state index contributed by atoms with van der Waals surface area (Å²) in [6.07, 6.45) is 5.19. The van der Waals surface area contributed by atoms with Crippen LogP contribution in [0.2, 0.25) is 0 Å². The third kappa shape index (κ3) is 4.32. The van der Waals surface area contributed by atoms with Crippen LogP contribution in [0.5, 0.6) is 0 Å². The highest BCUT2D eigenvalue weighted by molar-refractivity contribution is 7.88. The van der Waals surface area contributed by atoms with E-state index in [0.29, 0.717) is 35.8 Å². The fraction of sp³-hybridized carbons (Fsp3) is 0.222. The van der Waals surface area contributed by atoms with Gasteiger partial charge in [0.1, 0.15) is 23.6 Å². The first-order valence-corrected chi connectivity index (χ1v) is 13.7. The van der Waals surface area contributed by atoms with Gasteiger partial charge in [-0.15, -0.1) is 0 Å². The number of hydrogen-bond acceptors (Lipinski definition) is 6. The molecule has 0 N–H and O–H groups in total. The van der Waals surface area contributed by atoms with Crippen molar-refractivity contribution in [1.82, 2.24) is 24.1 Å². The Hall–Kier alpha value is -3.89. The predicted molar refractivity (Wildman–Crippen MR) is 139 cm³/mol. The van der Waals surface area contributed by atoms with Crippen LogP contribution in [0.1, 0.15) is 19.4 Å². The molecular weight excluding hydrogens is 493 g/mol. The van der Waals surface area contributed by atoms with Crippen LogP contribution in [-0.4, -0.2) is 51.3 Å². The summed E-state index contributed by atoms with van der Waals surface area (Å²) in [7, 11) is -3.34. The average molecular weight is 518 g/mol.